The summed E-state index contributed by atoms with van der Waals surface area (Å²) in [7, 11) is 0. The molecule has 3 heterocycles. The summed E-state index contributed by atoms with van der Waals surface area (Å²) in [6.07, 6.45) is 11.8. The Hall–Kier alpha value is -2.63. The maximum atomic E-state index is 6.17. The van der Waals surface area contributed by atoms with E-state index in [4.69, 9.17) is 11.5 Å². The Morgan fingerprint density at radius 3 is 2.74 bits per heavy atom. The van der Waals surface area contributed by atoms with E-state index in [2.05, 4.69) is 15.0 Å². The first kappa shape index (κ1) is 14.0. The third-order valence-corrected chi connectivity index (χ3v) is 4.66. The lowest BCUT2D eigenvalue weighted by molar-refractivity contribution is 0.544. The lowest BCUT2D eigenvalue weighted by Gasteiger charge is -2.15. The Labute approximate surface area is 134 Å². The van der Waals surface area contributed by atoms with Gasteiger partial charge in [-0.25, -0.2) is 0 Å². The van der Waals surface area contributed by atoms with Gasteiger partial charge in [0, 0.05) is 29.5 Å². The highest BCUT2D eigenvalue weighted by Gasteiger charge is 2.21. The van der Waals surface area contributed by atoms with Gasteiger partial charge in [-0.3, -0.25) is 4.98 Å². The number of pyridine rings is 1. The summed E-state index contributed by atoms with van der Waals surface area (Å²) in [6, 6.07) is 3.96. The summed E-state index contributed by atoms with van der Waals surface area (Å²) < 4.78 is 1.97. The van der Waals surface area contributed by atoms with E-state index >= 15 is 0 Å². The number of nitrogens with zero attached hydrogens (tertiary/aromatic N) is 4. The lowest BCUT2D eigenvalue weighted by atomic mass is 9.98. The van der Waals surface area contributed by atoms with Crippen LogP contribution in [0.15, 0.2) is 30.7 Å². The second-order valence-corrected chi connectivity index (χ2v) is 6.27. The van der Waals surface area contributed by atoms with Gasteiger partial charge in [-0.2, -0.15) is 9.97 Å². The first-order chi connectivity index (χ1) is 11.2. The zero-order valence-electron chi connectivity index (χ0n) is 12.9. The van der Waals surface area contributed by atoms with Gasteiger partial charge in [0.25, 0.3) is 0 Å². The van der Waals surface area contributed by atoms with E-state index in [0.717, 1.165) is 28.7 Å². The average Bonchev–Trinajstić information content (AvgIpc) is 3.18. The average molecular weight is 308 g/mol. The summed E-state index contributed by atoms with van der Waals surface area (Å²) in [5.41, 5.74) is 13.9. The number of aromatic nitrogens is 4. The molecule has 0 radical (unpaired) electrons. The first-order valence-corrected chi connectivity index (χ1v) is 8.05. The molecule has 118 valence electrons. The van der Waals surface area contributed by atoms with Crippen molar-refractivity contribution in [3.05, 3.63) is 36.3 Å². The van der Waals surface area contributed by atoms with Crippen molar-refractivity contribution in [1.29, 1.82) is 0 Å². The molecule has 3 aromatic heterocycles. The van der Waals surface area contributed by atoms with Crippen LogP contribution < -0.4 is 11.5 Å². The zero-order chi connectivity index (χ0) is 15.8. The fourth-order valence-electron chi connectivity index (χ4n) is 3.51. The van der Waals surface area contributed by atoms with Crippen molar-refractivity contribution in [3.63, 3.8) is 0 Å². The number of fused-ring (bicyclic) bond motifs is 1. The van der Waals surface area contributed by atoms with Crippen LogP contribution in [0, 0.1) is 5.92 Å². The molecule has 1 aliphatic rings. The Balaban J connectivity index is 1.82. The second-order valence-electron chi connectivity index (χ2n) is 6.27. The zero-order valence-corrected chi connectivity index (χ0v) is 12.9. The molecule has 0 spiro atoms. The third kappa shape index (κ3) is 2.60. The molecule has 0 bridgehead atoms. The van der Waals surface area contributed by atoms with Crippen LogP contribution in [0.4, 0.5) is 11.8 Å². The van der Waals surface area contributed by atoms with E-state index in [-0.39, 0.29) is 5.95 Å². The number of hydrogen-bond acceptors (Lipinski definition) is 5. The van der Waals surface area contributed by atoms with Crippen LogP contribution in [-0.2, 0) is 6.42 Å². The number of anilines is 2. The molecule has 1 saturated carbocycles. The summed E-state index contributed by atoms with van der Waals surface area (Å²) in [5.74, 6) is 2.13. The summed E-state index contributed by atoms with van der Waals surface area (Å²) in [5, 5.41) is 1.06. The van der Waals surface area contributed by atoms with Gasteiger partial charge in [0.2, 0.25) is 5.95 Å². The quantitative estimate of drug-likeness (QED) is 0.775. The SMILES string of the molecule is Nc1nc(N)c(CC2CCCC2)c(-n2cc3cccnc3c2)n1. The van der Waals surface area contributed by atoms with Gasteiger partial charge >= 0.3 is 0 Å². The van der Waals surface area contributed by atoms with Crippen molar-refractivity contribution in [2.24, 2.45) is 5.92 Å². The molecule has 4 rings (SSSR count). The molecule has 0 saturated heterocycles. The minimum Gasteiger partial charge on any atom is -0.383 e. The van der Waals surface area contributed by atoms with Crippen LogP contribution in [0.5, 0.6) is 0 Å². The van der Waals surface area contributed by atoms with Crippen LogP contribution in [0.1, 0.15) is 31.2 Å². The minimum atomic E-state index is 0.207. The molecule has 0 unspecified atom stereocenters. The van der Waals surface area contributed by atoms with Gasteiger partial charge in [-0.05, 0) is 24.5 Å². The van der Waals surface area contributed by atoms with E-state index in [1.165, 1.54) is 25.7 Å². The van der Waals surface area contributed by atoms with Crippen molar-refractivity contribution in [3.8, 4) is 5.82 Å². The maximum Gasteiger partial charge on any atom is 0.223 e. The maximum absolute atomic E-state index is 6.17. The Morgan fingerprint density at radius 2 is 1.96 bits per heavy atom. The molecular formula is C17H20N6. The normalized spacial score (nSPS) is 15.5. The molecule has 6 heteroatoms. The molecule has 6 nitrogen and oxygen atoms in total. The van der Waals surface area contributed by atoms with Gasteiger partial charge in [-0.1, -0.05) is 25.7 Å². The van der Waals surface area contributed by atoms with Gasteiger partial charge in [-0.15, -0.1) is 0 Å². The second kappa shape index (κ2) is 5.53. The van der Waals surface area contributed by atoms with Crippen molar-refractivity contribution in [1.82, 2.24) is 19.5 Å². The highest BCUT2D eigenvalue weighted by molar-refractivity contribution is 5.78. The minimum absolute atomic E-state index is 0.207. The molecule has 0 aliphatic heterocycles. The Bertz CT molecular complexity index is 814. The highest BCUT2D eigenvalue weighted by atomic mass is 15.1. The number of hydrogen-bond donors (Lipinski definition) is 2. The fraction of sp³-hybridized carbons (Fsp3) is 0.353. The van der Waals surface area contributed by atoms with Gasteiger partial charge in [0.05, 0.1) is 5.52 Å². The smallest absolute Gasteiger partial charge is 0.223 e. The largest absolute Gasteiger partial charge is 0.383 e. The predicted molar refractivity (Wildman–Crippen MR) is 91.1 cm³/mol. The van der Waals surface area contributed by atoms with Crippen molar-refractivity contribution < 1.29 is 0 Å². The number of rotatable bonds is 3. The Morgan fingerprint density at radius 1 is 1.13 bits per heavy atom. The van der Waals surface area contributed by atoms with Gasteiger partial charge in [0.1, 0.15) is 11.6 Å². The summed E-state index contributed by atoms with van der Waals surface area (Å²) in [4.78, 5) is 13.0. The predicted octanol–water partition coefficient (Wildman–Crippen LogP) is 2.71. The molecule has 23 heavy (non-hydrogen) atoms. The Kier molecular flexibility index (Phi) is 3.37. The number of nitrogen functional groups attached to an aromatic ring is 2. The van der Waals surface area contributed by atoms with Crippen molar-refractivity contribution in [2.75, 3.05) is 11.5 Å². The van der Waals surface area contributed by atoms with Crippen LogP contribution >= 0.6 is 0 Å². The monoisotopic (exact) mass is 308 g/mol. The van der Waals surface area contributed by atoms with Crippen LogP contribution in [0.3, 0.4) is 0 Å². The third-order valence-electron chi connectivity index (χ3n) is 4.66. The van der Waals surface area contributed by atoms with E-state index in [0.29, 0.717) is 11.7 Å². The van der Waals surface area contributed by atoms with E-state index in [1.807, 2.05) is 29.1 Å². The molecule has 1 fully saturated rings. The van der Waals surface area contributed by atoms with E-state index in [1.54, 1.807) is 6.20 Å². The molecule has 0 atom stereocenters. The van der Waals surface area contributed by atoms with Crippen molar-refractivity contribution in [2.45, 2.75) is 32.1 Å². The summed E-state index contributed by atoms with van der Waals surface area (Å²) >= 11 is 0. The number of nitrogens with two attached hydrogens (primary N) is 2. The van der Waals surface area contributed by atoms with E-state index < -0.39 is 0 Å². The topological polar surface area (TPSA) is 95.6 Å². The fourth-order valence-corrected chi connectivity index (χ4v) is 3.51. The van der Waals surface area contributed by atoms with Crippen LogP contribution in [0.25, 0.3) is 16.7 Å². The summed E-state index contributed by atoms with van der Waals surface area (Å²) in [6.45, 7) is 0. The first-order valence-electron chi connectivity index (χ1n) is 8.05. The van der Waals surface area contributed by atoms with Crippen LogP contribution in [-0.4, -0.2) is 19.5 Å². The lowest BCUT2D eigenvalue weighted by Crippen LogP contribution is -2.13. The van der Waals surface area contributed by atoms with Gasteiger partial charge in [0.15, 0.2) is 0 Å². The molecule has 0 aromatic carbocycles. The highest BCUT2D eigenvalue weighted by Crippen LogP contribution is 2.32. The molecule has 1 aliphatic carbocycles. The molecule has 0 amide bonds. The molecular weight excluding hydrogens is 288 g/mol. The molecule has 4 N–H and O–H groups in total. The molecule has 3 aromatic rings. The van der Waals surface area contributed by atoms with Crippen molar-refractivity contribution >= 4 is 22.7 Å². The van der Waals surface area contributed by atoms with Crippen LogP contribution in [0.2, 0.25) is 0 Å². The van der Waals surface area contributed by atoms with E-state index in [9.17, 15) is 0 Å². The standard InChI is InChI=1S/C17H20N6/c18-15-13(8-11-4-1-2-5-11)16(22-17(19)21-15)23-9-12-6-3-7-20-14(12)10-23/h3,6-7,9-11H,1-2,4-5,8H2,(H4,18,19,21,22). The van der Waals surface area contributed by atoms with Gasteiger partial charge < -0.3 is 16.0 Å².